The van der Waals surface area contributed by atoms with E-state index in [4.69, 9.17) is 5.26 Å². The lowest BCUT2D eigenvalue weighted by molar-refractivity contribution is -0.0864. The highest BCUT2D eigenvalue weighted by Crippen LogP contribution is 2.30. The molecule has 2 nitrogen and oxygen atoms in total. The van der Waals surface area contributed by atoms with Crippen LogP contribution in [-0.2, 0) is 6.54 Å². The number of hydrogen-bond acceptors (Lipinski definition) is 1. The molecule has 2 aromatic rings. The van der Waals surface area contributed by atoms with Gasteiger partial charge in [-0.3, -0.25) is 0 Å². The van der Waals surface area contributed by atoms with Crippen molar-refractivity contribution in [3.05, 3.63) is 41.6 Å². The molecule has 21 heavy (non-hydrogen) atoms. The van der Waals surface area contributed by atoms with Gasteiger partial charge in [0.05, 0.1) is 0 Å². The van der Waals surface area contributed by atoms with Crippen LogP contribution in [0.1, 0.15) is 25.3 Å². The molecular formula is C16H15F3N2. The third-order valence-corrected chi connectivity index (χ3v) is 3.30. The molecular weight excluding hydrogens is 277 g/mol. The molecule has 0 saturated carbocycles. The molecule has 0 aliphatic carbocycles. The van der Waals surface area contributed by atoms with Gasteiger partial charge >= 0.3 is 6.18 Å². The van der Waals surface area contributed by atoms with E-state index in [1.54, 1.807) is 18.3 Å². The monoisotopic (exact) mass is 292 g/mol. The molecule has 0 N–H and O–H groups in total. The number of fused-ring (bicyclic) bond motifs is 1. The topological polar surface area (TPSA) is 28.7 Å². The van der Waals surface area contributed by atoms with Crippen molar-refractivity contribution in [2.45, 2.75) is 32.5 Å². The number of halogens is 3. The van der Waals surface area contributed by atoms with Crippen LogP contribution in [-0.4, -0.2) is 10.7 Å². The maximum Gasteiger partial charge on any atom is 0.426 e. The molecule has 5 heteroatoms. The first kappa shape index (κ1) is 15.2. The first-order chi connectivity index (χ1) is 9.97. The van der Waals surface area contributed by atoms with Crippen molar-refractivity contribution in [2.24, 2.45) is 0 Å². The van der Waals surface area contributed by atoms with Crippen molar-refractivity contribution in [3.63, 3.8) is 0 Å². The third kappa shape index (κ3) is 3.27. The van der Waals surface area contributed by atoms with Crippen LogP contribution >= 0.6 is 0 Å². The Hall–Kier alpha value is -2.22. The summed E-state index contributed by atoms with van der Waals surface area (Å²) in [6.07, 6.45) is -0.0640. The van der Waals surface area contributed by atoms with Gasteiger partial charge in [0.25, 0.3) is 0 Å². The van der Waals surface area contributed by atoms with E-state index in [9.17, 15) is 13.2 Å². The smallest absolute Gasteiger partial charge is 0.347 e. The van der Waals surface area contributed by atoms with Crippen LogP contribution in [0.3, 0.4) is 0 Å². The van der Waals surface area contributed by atoms with E-state index < -0.39 is 11.7 Å². The van der Waals surface area contributed by atoms with Gasteiger partial charge in [0.1, 0.15) is 11.6 Å². The number of hydrogen-bond donors (Lipinski definition) is 0. The molecule has 0 unspecified atom stereocenters. The van der Waals surface area contributed by atoms with Gasteiger partial charge in [-0.05, 0) is 18.6 Å². The van der Waals surface area contributed by atoms with Crippen LogP contribution in [0.25, 0.3) is 17.0 Å². The first-order valence-corrected chi connectivity index (χ1v) is 6.74. The second-order valence-electron chi connectivity index (χ2n) is 4.82. The lowest BCUT2D eigenvalue weighted by Gasteiger charge is -2.03. The fourth-order valence-corrected chi connectivity index (χ4v) is 2.24. The summed E-state index contributed by atoms with van der Waals surface area (Å²) in [7, 11) is 0. The zero-order valence-electron chi connectivity index (χ0n) is 11.6. The van der Waals surface area contributed by atoms with Crippen molar-refractivity contribution < 1.29 is 13.2 Å². The van der Waals surface area contributed by atoms with Crippen LogP contribution in [0.5, 0.6) is 0 Å². The minimum atomic E-state index is -4.62. The molecule has 0 fully saturated rings. The number of allylic oxidation sites excluding steroid dienone is 1. The van der Waals surface area contributed by atoms with Gasteiger partial charge in [-0.2, -0.15) is 18.4 Å². The van der Waals surface area contributed by atoms with Crippen molar-refractivity contribution in [2.75, 3.05) is 0 Å². The number of rotatable bonds is 4. The lowest BCUT2D eigenvalue weighted by Crippen LogP contribution is -2.09. The summed E-state index contributed by atoms with van der Waals surface area (Å²) in [4.78, 5) is 0. The predicted octanol–water partition coefficient (Wildman–Crippen LogP) is 4.91. The van der Waals surface area contributed by atoms with E-state index in [0.717, 1.165) is 36.4 Å². The predicted molar refractivity (Wildman–Crippen MR) is 76.5 cm³/mol. The molecule has 2 rings (SSSR count). The molecule has 0 atom stereocenters. The summed E-state index contributed by atoms with van der Waals surface area (Å²) in [6, 6.07) is 8.52. The van der Waals surface area contributed by atoms with E-state index in [1.807, 2.05) is 16.7 Å². The summed E-state index contributed by atoms with van der Waals surface area (Å²) >= 11 is 0. The Balaban J connectivity index is 2.55. The number of nitrogens with zero attached hydrogens (tertiary/aromatic N) is 2. The van der Waals surface area contributed by atoms with E-state index >= 15 is 0 Å². The van der Waals surface area contributed by atoms with Crippen LogP contribution in [0.15, 0.2) is 36.0 Å². The highest BCUT2D eigenvalue weighted by atomic mass is 19.4. The standard InChI is InChI=1S/C16H15F3N2/c1-2-3-8-21-11-12(9-13(10-20)16(17,18)19)14-6-4-5-7-15(14)21/h4-7,9,11H,2-3,8H2,1H3/b13-9+. The number of unbranched alkanes of at least 4 members (excludes halogenated alkanes) is 1. The summed E-state index contributed by atoms with van der Waals surface area (Å²) in [6.45, 7) is 2.81. The van der Waals surface area contributed by atoms with Crippen LogP contribution in [0, 0.1) is 11.3 Å². The Bertz CT molecular complexity index is 702. The molecule has 0 radical (unpaired) electrons. The van der Waals surface area contributed by atoms with Gasteiger partial charge in [-0.25, -0.2) is 0 Å². The van der Waals surface area contributed by atoms with Crippen LogP contribution in [0.4, 0.5) is 13.2 Å². The maximum absolute atomic E-state index is 12.7. The van der Waals surface area contributed by atoms with E-state index in [-0.39, 0.29) is 0 Å². The number of aromatic nitrogens is 1. The molecule has 110 valence electrons. The second kappa shape index (κ2) is 6.04. The van der Waals surface area contributed by atoms with Crippen LogP contribution < -0.4 is 0 Å². The highest BCUT2D eigenvalue weighted by molar-refractivity contribution is 5.90. The molecule has 1 heterocycles. The van der Waals surface area contributed by atoms with Gasteiger partial charge in [0.2, 0.25) is 0 Å². The molecule has 0 spiro atoms. The van der Waals surface area contributed by atoms with Gasteiger partial charge in [-0.15, -0.1) is 0 Å². The normalized spacial score (nSPS) is 12.6. The quantitative estimate of drug-likeness (QED) is 0.736. The Labute approximate surface area is 121 Å². The second-order valence-corrected chi connectivity index (χ2v) is 4.82. The average Bonchev–Trinajstić information content (AvgIpc) is 2.79. The fraction of sp³-hybridized carbons (Fsp3) is 0.312. The number of alkyl halides is 3. The highest BCUT2D eigenvalue weighted by Gasteiger charge is 2.34. The Morgan fingerprint density at radius 1 is 1.33 bits per heavy atom. The zero-order chi connectivity index (χ0) is 15.5. The Morgan fingerprint density at radius 3 is 2.67 bits per heavy atom. The number of benzene rings is 1. The van der Waals surface area contributed by atoms with Crippen LogP contribution in [0.2, 0.25) is 0 Å². The molecule has 0 amide bonds. The molecule has 0 aliphatic rings. The minimum Gasteiger partial charge on any atom is -0.347 e. The summed E-state index contributed by atoms with van der Waals surface area (Å²) in [5.74, 6) is 0. The summed E-state index contributed by atoms with van der Waals surface area (Å²) in [5.41, 5.74) is 0.133. The van der Waals surface area contributed by atoms with Crippen molar-refractivity contribution in [1.82, 2.24) is 4.57 Å². The maximum atomic E-state index is 12.7. The summed E-state index contributed by atoms with van der Waals surface area (Å²) < 4.78 is 40.1. The van der Waals surface area contributed by atoms with E-state index in [2.05, 4.69) is 6.92 Å². The van der Waals surface area contributed by atoms with Gasteiger partial charge in [0.15, 0.2) is 0 Å². The fourth-order valence-electron chi connectivity index (χ4n) is 2.24. The lowest BCUT2D eigenvalue weighted by atomic mass is 10.1. The number of para-hydroxylation sites is 1. The van der Waals surface area contributed by atoms with Crippen molar-refractivity contribution in [1.29, 1.82) is 5.26 Å². The molecule has 0 bridgehead atoms. The zero-order valence-corrected chi connectivity index (χ0v) is 11.6. The molecule has 0 aliphatic heterocycles. The van der Waals surface area contributed by atoms with E-state index in [1.165, 1.54) is 6.07 Å². The van der Waals surface area contributed by atoms with Gasteiger partial charge < -0.3 is 4.57 Å². The van der Waals surface area contributed by atoms with Crippen molar-refractivity contribution in [3.8, 4) is 6.07 Å². The average molecular weight is 292 g/mol. The SMILES string of the molecule is CCCCn1cc(/C=C(\C#N)C(F)(F)F)c2ccccc21. The Kier molecular flexibility index (Phi) is 4.37. The first-order valence-electron chi connectivity index (χ1n) is 6.74. The minimum absolute atomic E-state index is 0.426. The number of nitriles is 1. The third-order valence-electron chi connectivity index (χ3n) is 3.30. The largest absolute Gasteiger partial charge is 0.426 e. The van der Waals surface area contributed by atoms with Gasteiger partial charge in [0, 0.05) is 29.2 Å². The number of aryl methyl sites for hydroxylation is 1. The Morgan fingerprint density at radius 2 is 2.05 bits per heavy atom. The summed E-state index contributed by atoms with van der Waals surface area (Å²) in [5, 5.41) is 9.43. The van der Waals surface area contributed by atoms with E-state index in [0.29, 0.717) is 5.56 Å². The van der Waals surface area contributed by atoms with Crippen molar-refractivity contribution >= 4 is 17.0 Å². The molecule has 1 aromatic carbocycles. The van der Waals surface area contributed by atoms with Gasteiger partial charge in [-0.1, -0.05) is 31.5 Å². The molecule has 1 aromatic heterocycles. The molecule has 0 saturated heterocycles.